The molecule has 0 bridgehead atoms. The maximum absolute atomic E-state index is 12.5. The van der Waals surface area contributed by atoms with Crippen molar-refractivity contribution in [1.82, 2.24) is 0 Å². The number of nitrogens with two attached hydrogens (primary N) is 1. The zero-order valence-corrected chi connectivity index (χ0v) is 13.6. The van der Waals surface area contributed by atoms with Crippen LogP contribution in [0.25, 0.3) is 0 Å². The zero-order chi connectivity index (χ0) is 14.6. The number of ether oxygens (including phenoxy) is 1. The van der Waals surface area contributed by atoms with Gasteiger partial charge in [0.05, 0.1) is 12.0 Å². The van der Waals surface area contributed by atoms with E-state index in [2.05, 4.69) is 5.32 Å². The maximum Gasteiger partial charge on any atom is 0.231 e. The number of hydrogen-bond donors (Lipinski definition) is 2. The van der Waals surface area contributed by atoms with Crippen LogP contribution >= 0.6 is 12.4 Å². The van der Waals surface area contributed by atoms with Gasteiger partial charge >= 0.3 is 0 Å². The Balaban J connectivity index is 0.00000220. The molecule has 21 heavy (non-hydrogen) atoms. The second-order valence-corrected chi connectivity index (χ2v) is 5.56. The Morgan fingerprint density at radius 1 is 1.38 bits per heavy atom. The second-order valence-electron chi connectivity index (χ2n) is 5.56. The third-order valence-corrected chi connectivity index (χ3v) is 4.19. The lowest BCUT2D eigenvalue weighted by Crippen LogP contribution is -2.40. The van der Waals surface area contributed by atoms with E-state index >= 15 is 0 Å². The van der Waals surface area contributed by atoms with Crippen molar-refractivity contribution in [2.24, 2.45) is 11.1 Å². The van der Waals surface area contributed by atoms with Crippen molar-refractivity contribution in [1.29, 1.82) is 0 Å². The standard InChI is InChI=1S/C16H24N2O2.ClH/c1-3-20-13-6-7-14(12(2)10-13)18-15(19)16(11-17)8-4-5-9-16;/h6-7,10H,3-5,8-9,11,17H2,1-2H3,(H,18,19);1H. The van der Waals surface area contributed by atoms with Gasteiger partial charge in [-0.2, -0.15) is 0 Å². The summed E-state index contributed by atoms with van der Waals surface area (Å²) in [4.78, 5) is 12.5. The van der Waals surface area contributed by atoms with Crippen molar-refractivity contribution in [3.05, 3.63) is 23.8 Å². The molecule has 118 valence electrons. The second kappa shape index (κ2) is 7.66. The van der Waals surface area contributed by atoms with Gasteiger partial charge in [0, 0.05) is 12.2 Å². The van der Waals surface area contributed by atoms with Crippen LogP contribution in [0.4, 0.5) is 5.69 Å². The van der Waals surface area contributed by atoms with Crippen molar-refractivity contribution in [3.63, 3.8) is 0 Å². The highest BCUT2D eigenvalue weighted by molar-refractivity contribution is 5.96. The van der Waals surface area contributed by atoms with Crippen molar-refractivity contribution in [2.75, 3.05) is 18.5 Å². The van der Waals surface area contributed by atoms with Crippen LogP contribution in [-0.4, -0.2) is 19.1 Å². The summed E-state index contributed by atoms with van der Waals surface area (Å²) >= 11 is 0. The van der Waals surface area contributed by atoms with E-state index in [1.54, 1.807) is 0 Å². The minimum Gasteiger partial charge on any atom is -0.494 e. The number of hydrogen-bond acceptors (Lipinski definition) is 3. The summed E-state index contributed by atoms with van der Waals surface area (Å²) in [6.45, 7) is 4.99. The SMILES string of the molecule is CCOc1ccc(NC(=O)C2(CN)CCCC2)c(C)c1.Cl. The molecular formula is C16H25ClN2O2. The fourth-order valence-corrected chi connectivity index (χ4v) is 2.86. The number of amides is 1. The average molecular weight is 313 g/mol. The highest BCUT2D eigenvalue weighted by atomic mass is 35.5. The molecule has 1 aromatic rings. The predicted octanol–water partition coefficient (Wildman–Crippen LogP) is 3.27. The van der Waals surface area contributed by atoms with Gasteiger partial charge in [-0.05, 0) is 50.5 Å². The molecular weight excluding hydrogens is 288 g/mol. The van der Waals surface area contributed by atoms with E-state index in [1.807, 2.05) is 32.0 Å². The smallest absolute Gasteiger partial charge is 0.231 e. The molecule has 4 nitrogen and oxygen atoms in total. The van der Waals surface area contributed by atoms with E-state index in [9.17, 15) is 4.79 Å². The summed E-state index contributed by atoms with van der Waals surface area (Å²) < 4.78 is 5.45. The first-order valence-corrected chi connectivity index (χ1v) is 7.36. The minimum atomic E-state index is -0.370. The molecule has 0 aromatic heterocycles. The lowest BCUT2D eigenvalue weighted by molar-refractivity contribution is -0.124. The van der Waals surface area contributed by atoms with Crippen LogP contribution in [0.2, 0.25) is 0 Å². The van der Waals surface area contributed by atoms with Crippen LogP contribution in [0.15, 0.2) is 18.2 Å². The summed E-state index contributed by atoms with van der Waals surface area (Å²) in [6, 6.07) is 5.73. The van der Waals surface area contributed by atoms with Crippen molar-refractivity contribution < 1.29 is 9.53 Å². The molecule has 1 saturated carbocycles. The Hall–Kier alpha value is -1.26. The number of halogens is 1. The van der Waals surface area contributed by atoms with Gasteiger partial charge in [-0.15, -0.1) is 12.4 Å². The average Bonchev–Trinajstić information content (AvgIpc) is 2.92. The monoisotopic (exact) mass is 312 g/mol. The van der Waals surface area contributed by atoms with Crippen LogP contribution in [0.5, 0.6) is 5.75 Å². The lowest BCUT2D eigenvalue weighted by Gasteiger charge is -2.26. The third-order valence-electron chi connectivity index (χ3n) is 4.19. The molecule has 0 aliphatic heterocycles. The molecule has 2 rings (SSSR count). The molecule has 5 heteroatoms. The summed E-state index contributed by atoms with van der Waals surface area (Å²) in [5.41, 5.74) is 7.33. The van der Waals surface area contributed by atoms with Gasteiger partial charge in [0.15, 0.2) is 0 Å². The van der Waals surface area contributed by atoms with Crippen molar-refractivity contribution in [2.45, 2.75) is 39.5 Å². The Morgan fingerprint density at radius 2 is 2.05 bits per heavy atom. The lowest BCUT2D eigenvalue weighted by atomic mass is 9.85. The first-order valence-electron chi connectivity index (χ1n) is 7.36. The molecule has 1 aromatic carbocycles. The van der Waals surface area contributed by atoms with Crippen molar-refractivity contribution >= 4 is 24.0 Å². The van der Waals surface area contributed by atoms with Gasteiger partial charge in [-0.25, -0.2) is 0 Å². The van der Waals surface area contributed by atoms with Crippen LogP contribution < -0.4 is 15.8 Å². The quantitative estimate of drug-likeness (QED) is 0.877. The van der Waals surface area contributed by atoms with E-state index < -0.39 is 0 Å². The Labute approximate surface area is 132 Å². The highest BCUT2D eigenvalue weighted by Crippen LogP contribution is 2.38. The number of nitrogens with one attached hydrogen (secondary N) is 1. The zero-order valence-electron chi connectivity index (χ0n) is 12.8. The summed E-state index contributed by atoms with van der Waals surface area (Å²) in [5.74, 6) is 0.891. The maximum atomic E-state index is 12.5. The topological polar surface area (TPSA) is 64.3 Å². The van der Waals surface area contributed by atoms with Gasteiger partial charge < -0.3 is 15.8 Å². The number of anilines is 1. The Bertz CT molecular complexity index is 485. The number of benzene rings is 1. The van der Waals surface area contributed by atoms with Gasteiger partial charge in [0.1, 0.15) is 5.75 Å². The normalized spacial score (nSPS) is 16.1. The fourth-order valence-electron chi connectivity index (χ4n) is 2.86. The molecule has 0 spiro atoms. The molecule has 3 N–H and O–H groups in total. The number of carbonyl (C=O) groups is 1. The molecule has 0 radical (unpaired) electrons. The first-order chi connectivity index (χ1) is 9.61. The van der Waals surface area contributed by atoms with Gasteiger partial charge in [0.25, 0.3) is 0 Å². The first kappa shape index (κ1) is 17.8. The van der Waals surface area contributed by atoms with Gasteiger partial charge in [-0.1, -0.05) is 12.8 Å². The van der Waals surface area contributed by atoms with Gasteiger partial charge in [-0.3, -0.25) is 4.79 Å². The molecule has 0 heterocycles. The van der Waals surface area contributed by atoms with E-state index in [4.69, 9.17) is 10.5 Å². The third kappa shape index (κ3) is 3.89. The molecule has 0 atom stereocenters. The Kier molecular flexibility index (Phi) is 6.49. The summed E-state index contributed by atoms with van der Waals surface area (Å²) in [5, 5.41) is 3.04. The minimum absolute atomic E-state index is 0. The number of aryl methyl sites for hydroxylation is 1. The highest BCUT2D eigenvalue weighted by Gasteiger charge is 2.39. The fraction of sp³-hybridized carbons (Fsp3) is 0.562. The summed E-state index contributed by atoms with van der Waals surface area (Å²) in [7, 11) is 0. The van der Waals surface area contributed by atoms with Crippen LogP contribution in [0.1, 0.15) is 38.2 Å². The van der Waals surface area contributed by atoms with Crippen LogP contribution in [0.3, 0.4) is 0 Å². The van der Waals surface area contributed by atoms with E-state index in [0.29, 0.717) is 13.2 Å². The molecule has 1 aliphatic rings. The van der Waals surface area contributed by atoms with E-state index in [1.165, 1.54) is 0 Å². The van der Waals surface area contributed by atoms with Gasteiger partial charge in [0.2, 0.25) is 5.91 Å². The Morgan fingerprint density at radius 3 is 2.57 bits per heavy atom. The molecule has 0 unspecified atom stereocenters. The molecule has 0 saturated heterocycles. The van der Waals surface area contributed by atoms with Crippen LogP contribution in [-0.2, 0) is 4.79 Å². The largest absolute Gasteiger partial charge is 0.494 e. The molecule has 1 fully saturated rings. The van der Waals surface area contributed by atoms with Crippen molar-refractivity contribution in [3.8, 4) is 5.75 Å². The molecule has 1 amide bonds. The number of carbonyl (C=O) groups excluding carboxylic acids is 1. The predicted molar refractivity (Wildman–Crippen MR) is 88.2 cm³/mol. The van der Waals surface area contributed by atoms with Crippen LogP contribution in [0, 0.1) is 12.3 Å². The van der Waals surface area contributed by atoms with E-state index in [0.717, 1.165) is 42.7 Å². The number of rotatable bonds is 5. The molecule has 1 aliphatic carbocycles. The summed E-state index contributed by atoms with van der Waals surface area (Å²) in [6.07, 6.45) is 3.97. The van der Waals surface area contributed by atoms with E-state index in [-0.39, 0.29) is 23.7 Å².